The number of amides is 1. The molecule has 0 unspecified atom stereocenters. The molecule has 2 saturated heterocycles. The normalized spacial score (nSPS) is 20.0. The predicted molar refractivity (Wildman–Crippen MR) is 136 cm³/mol. The van der Waals surface area contributed by atoms with Gasteiger partial charge >= 0.3 is 0 Å². The van der Waals surface area contributed by atoms with E-state index in [1.807, 2.05) is 71.6 Å². The summed E-state index contributed by atoms with van der Waals surface area (Å²) >= 11 is 10.3. The molecule has 2 aliphatic heterocycles. The molecule has 0 radical (unpaired) electrons. The molecule has 3 heterocycles. The number of nitrogens with zero attached hydrogens (tertiary/aromatic N) is 3. The van der Waals surface area contributed by atoms with Crippen LogP contribution in [0.5, 0.6) is 0 Å². The summed E-state index contributed by atoms with van der Waals surface area (Å²) in [7, 11) is 0. The van der Waals surface area contributed by atoms with Crippen LogP contribution >= 0.6 is 39.9 Å². The van der Waals surface area contributed by atoms with Crippen molar-refractivity contribution in [1.29, 1.82) is 0 Å². The summed E-state index contributed by atoms with van der Waals surface area (Å²) in [6.07, 6.45) is 5.92. The van der Waals surface area contributed by atoms with Crippen molar-refractivity contribution in [3.63, 3.8) is 0 Å². The van der Waals surface area contributed by atoms with Gasteiger partial charge in [0.05, 0.1) is 28.9 Å². The summed E-state index contributed by atoms with van der Waals surface area (Å²) < 4.78 is 9.13. The Bertz CT molecular complexity index is 1190. The van der Waals surface area contributed by atoms with E-state index in [-0.39, 0.29) is 12.0 Å². The summed E-state index contributed by atoms with van der Waals surface area (Å²) in [6.45, 7) is 1.27. The first-order valence-corrected chi connectivity index (χ1v) is 12.4. The first-order chi connectivity index (χ1) is 15.6. The van der Waals surface area contributed by atoms with E-state index in [1.54, 1.807) is 4.90 Å². The standard InChI is InChI=1S/C24H20BrN3O2S2/c25-18-10-8-16(9-11-18)22-17(14-28(26-22)19-5-2-1-3-6-19)13-21-23(29)27(24(31)32-21)15-20-7-4-12-30-20/h1-3,5-6,8-11,13-14,20H,4,7,12,15H2/b21-13-/t20-/m0/s1. The third-order valence-corrected chi connectivity index (χ3v) is 7.36. The number of thioether (sulfide) groups is 1. The highest BCUT2D eigenvalue weighted by atomic mass is 79.9. The maximum absolute atomic E-state index is 13.1. The molecule has 1 aromatic heterocycles. The molecule has 1 atom stereocenters. The number of ether oxygens (including phenoxy) is 1. The second-order valence-electron chi connectivity index (χ2n) is 7.65. The molecule has 0 aliphatic carbocycles. The Morgan fingerprint density at radius 2 is 1.97 bits per heavy atom. The third kappa shape index (κ3) is 4.45. The summed E-state index contributed by atoms with van der Waals surface area (Å²) in [6, 6.07) is 17.9. The van der Waals surface area contributed by atoms with Crippen molar-refractivity contribution in [3.05, 3.63) is 75.7 Å². The molecule has 1 amide bonds. The van der Waals surface area contributed by atoms with Crippen LogP contribution < -0.4 is 0 Å². The van der Waals surface area contributed by atoms with Crippen molar-refractivity contribution in [3.8, 4) is 16.9 Å². The molecule has 0 spiro atoms. The van der Waals surface area contributed by atoms with E-state index in [1.165, 1.54) is 11.8 Å². The van der Waals surface area contributed by atoms with Crippen LogP contribution in [0.3, 0.4) is 0 Å². The quantitative estimate of drug-likeness (QED) is 0.316. The number of halogens is 1. The molecule has 162 valence electrons. The first kappa shape index (κ1) is 21.6. The van der Waals surface area contributed by atoms with Gasteiger partial charge in [0, 0.05) is 28.4 Å². The second kappa shape index (κ2) is 9.31. The van der Waals surface area contributed by atoms with Crippen LogP contribution in [0.1, 0.15) is 18.4 Å². The average molecular weight is 526 g/mol. The summed E-state index contributed by atoms with van der Waals surface area (Å²) in [5, 5.41) is 4.84. The molecule has 0 N–H and O–H groups in total. The van der Waals surface area contributed by atoms with Crippen LogP contribution in [0.2, 0.25) is 0 Å². The molecule has 0 bridgehead atoms. The van der Waals surface area contributed by atoms with E-state index in [9.17, 15) is 4.79 Å². The number of hydrogen-bond acceptors (Lipinski definition) is 5. The second-order valence-corrected chi connectivity index (χ2v) is 10.2. The molecule has 2 aromatic carbocycles. The topological polar surface area (TPSA) is 47.4 Å². The number of carbonyl (C=O) groups is 1. The van der Waals surface area contributed by atoms with E-state index in [4.69, 9.17) is 22.1 Å². The molecule has 2 fully saturated rings. The minimum absolute atomic E-state index is 0.0651. The predicted octanol–water partition coefficient (Wildman–Crippen LogP) is 5.68. The lowest BCUT2D eigenvalue weighted by Gasteiger charge is -2.18. The Kier molecular flexibility index (Phi) is 6.28. The molecule has 5 rings (SSSR count). The SMILES string of the molecule is O=C1/C(=C/c2cn(-c3ccccc3)nc2-c2ccc(Br)cc2)SC(=S)N1C[C@@H]1CCCO1. The Labute approximate surface area is 204 Å². The number of benzene rings is 2. The van der Waals surface area contributed by atoms with Gasteiger partial charge in [-0.25, -0.2) is 4.68 Å². The van der Waals surface area contributed by atoms with Gasteiger partial charge in [-0.3, -0.25) is 9.69 Å². The number of hydrogen-bond donors (Lipinski definition) is 0. The Morgan fingerprint density at radius 1 is 1.19 bits per heavy atom. The fraction of sp³-hybridized carbons (Fsp3) is 0.208. The molecule has 8 heteroatoms. The fourth-order valence-electron chi connectivity index (χ4n) is 3.83. The van der Waals surface area contributed by atoms with Gasteiger partial charge in [-0.1, -0.05) is 70.2 Å². The van der Waals surface area contributed by atoms with E-state index in [2.05, 4.69) is 15.9 Å². The molecule has 0 saturated carbocycles. The van der Waals surface area contributed by atoms with E-state index >= 15 is 0 Å². The van der Waals surface area contributed by atoms with Crippen LogP contribution in [-0.2, 0) is 9.53 Å². The number of carbonyl (C=O) groups excluding carboxylic acids is 1. The van der Waals surface area contributed by atoms with Crippen LogP contribution in [0, 0.1) is 0 Å². The van der Waals surface area contributed by atoms with Crippen LogP contribution in [0.25, 0.3) is 23.0 Å². The monoisotopic (exact) mass is 525 g/mol. The summed E-state index contributed by atoms with van der Waals surface area (Å²) in [5.41, 5.74) is 3.61. The van der Waals surface area contributed by atoms with Crippen molar-refractivity contribution in [2.45, 2.75) is 18.9 Å². The highest BCUT2D eigenvalue weighted by molar-refractivity contribution is 9.10. The van der Waals surface area contributed by atoms with Gasteiger partial charge < -0.3 is 4.74 Å². The molecule has 32 heavy (non-hydrogen) atoms. The number of para-hydroxylation sites is 1. The Morgan fingerprint density at radius 3 is 2.69 bits per heavy atom. The van der Waals surface area contributed by atoms with Gasteiger partial charge in [0.2, 0.25) is 0 Å². The van der Waals surface area contributed by atoms with Crippen molar-refractivity contribution >= 4 is 56.2 Å². The van der Waals surface area contributed by atoms with Crippen molar-refractivity contribution in [2.24, 2.45) is 0 Å². The van der Waals surface area contributed by atoms with Crippen molar-refractivity contribution in [2.75, 3.05) is 13.2 Å². The lowest BCUT2D eigenvalue weighted by Crippen LogP contribution is -2.35. The van der Waals surface area contributed by atoms with Crippen LogP contribution in [0.15, 0.2) is 70.2 Å². The molecule has 3 aromatic rings. The minimum atomic E-state index is -0.0651. The van der Waals surface area contributed by atoms with E-state index in [0.717, 1.165) is 46.4 Å². The molecule has 5 nitrogen and oxygen atoms in total. The zero-order chi connectivity index (χ0) is 22.1. The maximum Gasteiger partial charge on any atom is 0.266 e. The van der Waals surface area contributed by atoms with E-state index in [0.29, 0.717) is 15.8 Å². The summed E-state index contributed by atoms with van der Waals surface area (Å²) in [5.74, 6) is -0.0651. The number of thiocarbonyl (C=S) groups is 1. The molecule has 2 aliphatic rings. The lowest BCUT2D eigenvalue weighted by atomic mass is 10.1. The first-order valence-electron chi connectivity index (χ1n) is 10.4. The number of rotatable bonds is 5. The van der Waals surface area contributed by atoms with Crippen LogP contribution in [0.4, 0.5) is 0 Å². The zero-order valence-electron chi connectivity index (χ0n) is 17.1. The largest absolute Gasteiger partial charge is 0.376 e. The smallest absolute Gasteiger partial charge is 0.266 e. The maximum atomic E-state index is 13.1. The van der Waals surface area contributed by atoms with Crippen LogP contribution in [-0.4, -0.2) is 44.2 Å². The highest BCUT2D eigenvalue weighted by Crippen LogP contribution is 2.35. The van der Waals surface area contributed by atoms with Gasteiger partial charge in [-0.2, -0.15) is 5.10 Å². The zero-order valence-corrected chi connectivity index (χ0v) is 20.3. The lowest BCUT2D eigenvalue weighted by molar-refractivity contribution is -0.123. The Balaban J connectivity index is 1.51. The summed E-state index contributed by atoms with van der Waals surface area (Å²) in [4.78, 5) is 15.4. The van der Waals surface area contributed by atoms with Gasteiger partial charge in [0.25, 0.3) is 5.91 Å². The fourth-order valence-corrected chi connectivity index (χ4v) is 5.36. The van der Waals surface area contributed by atoms with Crippen molar-refractivity contribution < 1.29 is 9.53 Å². The van der Waals surface area contributed by atoms with Crippen molar-refractivity contribution in [1.82, 2.24) is 14.7 Å². The third-order valence-electron chi connectivity index (χ3n) is 5.45. The highest BCUT2D eigenvalue weighted by Gasteiger charge is 2.35. The number of aromatic nitrogens is 2. The van der Waals surface area contributed by atoms with Gasteiger partial charge in [-0.05, 0) is 43.2 Å². The minimum Gasteiger partial charge on any atom is -0.376 e. The molecular weight excluding hydrogens is 506 g/mol. The average Bonchev–Trinajstić information content (AvgIpc) is 3.53. The Hall–Kier alpha value is -2.26. The molecular formula is C24H20BrN3O2S2. The van der Waals surface area contributed by atoms with E-state index < -0.39 is 0 Å². The van der Waals surface area contributed by atoms with Gasteiger partial charge in [0.1, 0.15) is 4.32 Å². The van der Waals surface area contributed by atoms with Gasteiger partial charge in [0.15, 0.2) is 0 Å². The van der Waals surface area contributed by atoms with Gasteiger partial charge in [-0.15, -0.1) is 0 Å².